The zero-order chi connectivity index (χ0) is 23.0. The van der Waals surface area contributed by atoms with Gasteiger partial charge in [0.15, 0.2) is 0 Å². The van der Waals surface area contributed by atoms with Gasteiger partial charge < -0.3 is 5.32 Å². The van der Waals surface area contributed by atoms with Crippen molar-refractivity contribution < 1.29 is 13.2 Å². The fourth-order valence-corrected chi connectivity index (χ4v) is 4.58. The topological polar surface area (TPSA) is 66.5 Å². The third kappa shape index (κ3) is 7.69. The van der Waals surface area contributed by atoms with E-state index in [1.54, 1.807) is 12.1 Å². The van der Waals surface area contributed by atoms with E-state index >= 15 is 0 Å². The minimum atomic E-state index is -3.45. The number of hydrogen-bond donors (Lipinski definition) is 1. The second-order valence-electron chi connectivity index (χ2n) is 8.44. The summed E-state index contributed by atoms with van der Waals surface area (Å²) in [5.74, 6) is 0.417. The summed E-state index contributed by atoms with van der Waals surface area (Å²) < 4.78 is 26.3. The van der Waals surface area contributed by atoms with Crippen LogP contribution in [0.1, 0.15) is 66.6 Å². The highest BCUT2D eigenvalue weighted by atomic mass is 32.2. The summed E-state index contributed by atoms with van der Waals surface area (Å²) in [7, 11) is -3.45. The van der Waals surface area contributed by atoms with Gasteiger partial charge in [0.1, 0.15) is 0 Å². The summed E-state index contributed by atoms with van der Waals surface area (Å²) in [6, 6.07) is 12.9. The van der Waals surface area contributed by atoms with Crippen LogP contribution < -0.4 is 9.62 Å². The number of carbonyl (C=O) groups excluding carboxylic acids is 1. The second kappa shape index (κ2) is 11.3. The van der Waals surface area contributed by atoms with Crippen LogP contribution in [0.3, 0.4) is 0 Å². The lowest BCUT2D eigenvalue weighted by molar-refractivity contribution is 0.0946. The Morgan fingerprint density at radius 2 is 1.65 bits per heavy atom. The molecule has 0 saturated carbocycles. The summed E-state index contributed by atoms with van der Waals surface area (Å²) in [6.45, 7) is 9.15. The number of carbonyl (C=O) groups is 1. The highest BCUT2D eigenvalue weighted by Crippen LogP contribution is 2.24. The lowest BCUT2D eigenvalue weighted by Crippen LogP contribution is -2.30. The van der Waals surface area contributed by atoms with Gasteiger partial charge in [0.05, 0.1) is 18.5 Å². The Kier molecular flexibility index (Phi) is 9.11. The number of rotatable bonds is 11. The molecule has 1 N–H and O–H groups in total. The number of amides is 1. The lowest BCUT2D eigenvalue weighted by atomic mass is 9.99. The van der Waals surface area contributed by atoms with Gasteiger partial charge in [-0.2, -0.15) is 0 Å². The van der Waals surface area contributed by atoms with Crippen LogP contribution in [-0.4, -0.2) is 27.1 Å². The van der Waals surface area contributed by atoms with E-state index in [0.717, 1.165) is 29.5 Å². The average Bonchev–Trinajstić information content (AvgIpc) is 2.70. The van der Waals surface area contributed by atoms with Crippen LogP contribution in [0, 0.1) is 19.8 Å². The summed E-state index contributed by atoms with van der Waals surface area (Å²) in [6.07, 6.45) is 5.75. The number of anilines is 1. The Balaban J connectivity index is 2.09. The summed E-state index contributed by atoms with van der Waals surface area (Å²) in [5, 5.41) is 3.04. The van der Waals surface area contributed by atoms with Crippen LogP contribution in [0.15, 0.2) is 42.5 Å². The molecule has 0 aliphatic heterocycles. The third-order valence-corrected chi connectivity index (χ3v) is 6.67. The van der Waals surface area contributed by atoms with E-state index in [2.05, 4.69) is 19.2 Å². The molecule has 5 nitrogen and oxygen atoms in total. The predicted molar refractivity (Wildman–Crippen MR) is 129 cm³/mol. The average molecular weight is 445 g/mol. The van der Waals surface area contributed by atoms with E-state index in [4.69, 9.17) is 0 Å². The van der Waals surface area contributed by atoms with Crippen molar-refractivity contribution in [2.24, 2.45) is 5.92 Å². The van der Waals surface area contributed by atoms with Crippen molar-refractivity contribution in [2.45, 2.75) is 59.9 Å². The molecule has 0 unspecified atom stereocenters. The van der Waals surface area contributed by atoms with E-state index in [1.807, 2.05) is 44.2 Å². The first-order valence-electron chi connectivity index (χ1n) is 11.1. The molecule has 0 aromatic heterocycles. The first-order valence-corrected chi connectivity index (χ1v) is 12.9. The number of hydrogen-bond acceptors (Lipinski definition) is 3. The SMILES string of the molecule is CCCC[C@@H](CC)CNC(=O)c1ccc(CN(c2cc(C)cc(C)c2)S(C)(=O)=O)cc1. The molecule has 2 aromatic rings. The summed E-state index contributed by atoms with van der Waals surface area (Å²) in [4.78, 5) is 12.5. The monoisotopic (exact) mass is 444 g/mol. The molecular weight excluding hydrogens is 408 g/mol. The van der Waals surface area contributed by atoms with E-state index < -0.39 is 10.0 Å². The summed E-state index contributed by atoms with van der Waals surface area (Å²) in [5.41, 5.74) is 4.10. The number of nitrogens with zero attached hydrogens (tertiary/aromatic N) is 1. The van der Waals surface area contributed by atoms with Gasteiger partial charge in [-0.25, -0.2) is 8.42 Å². The minimum Gasteiger partial charge on any atom is -0.352 e. The molecular formula is C25H36N2O3S. The van der Waals surface area contributed by atoms with Gasteiger partial charge in [0.25, 0.3) is 5.91 Å². The van der Waals surface area contributed by atoms with Crippen LogP contribution in [0.2, 0.25) is 0 Å². The molecule has 1 atom stereocenters. The van der Waals surface area contributed by atoms with Crippen LogP contribution in [0.4, 0.5) is 5.69 Å². The fraction of sp³-hybridized carbons (Fsp3) is 0.480. The third-order valence-electron chi connectivity index (χ3n) is 5.53. The predicted octanol–water partition coefficient (Wildman–Crippen LogP) is 5.22. The van der Waals surface area contributed by atoms with Crippen molar-refractivity contribution in [3.05, 3.63) is 64.7 Å². The molecule has 0 aliphatic rings. The number of nitrogens with one attached hydrogen (secondary N) is 1. The normalized spacial score (nSPS) is 12.4. The Hall–Kier alpha value is -2.34. The standard InChI is InChI=1S/C25H36N2O3S/c1-6-8-9-21(7-2)17-26-25(28)23-12-10-22(11-13-23)18-27(31(5,29)30)24-15-19(3)14-20(4)16-24/h10-16,21H,6-9,17-18H2,1-5H3,(H,26,28)/t21-/m1/s1. The molecule has 0 aliphatic carbocycles. The van der Waals surface area contributed by atoms with Gasteiger partial charge >= 0.3 is 0 Å². The maximum Gasteiger partial charge on any atom is 0.251 e. The maximum absolute atomic E-state index is 12.5. The molecule has 2 rings (SSSR count). The Bertz CT molecular complexity index is 949. The van der Waals surface area contributed by atoms with Gasteiger partial charge in [0, 0.05) is 12.1 Å². The van der Waals surface area contributed by atoms with Crippen LogP contribution >= 0.6 is 0 Å². The van der Waals surface area contributed by atoms with E-state index in [0.29, 0.717) is 23.7 Å². The smallest absolute Gasteiger partial charge is 0.251 e. The van der Waals surface area contributed by atoms with Crippen molar-refractivity contribution in [3.8, 4) is 0 Å². The largest absolute Gasteiger partial charge is 0.352 e. The molecule has 0 bridgehead atoms. The Morgan fingerprint density at radius 1 is 1.03 bits per heavy atom. The summed E-state index contributed by atoms with van der Waals surface area (Å²) >= 11 is 0. The quantitative estimate of drug-likeness (QED) is 0.517. The molecule has 1 amide bonds. The maximum atomic E-state index is 12.5. The van der Waals surface area contributed by atoms with E-state index in [9.17, 15) is 13.2 Å². The van der Waals surface area contributed by atoms with Crippen molar-refractivity contribution >= 4 is 21.6 Å². The van der Waals surface area contributed by atoms with Crippen LogP contribution in [0.5, 0.6) is 0 Å². The first kappa shape index (κ1) is 24.9. The molecule has 6 heteroatoms. The molecule has 2 aromatic carbocycles. The zero-order valence-electron chi connectivity index (χ0n) is 19.4. The Labute approximate surface area is 187 Å². The second-order valence-corrected chi connectivity index (χ2v) is 10.3. The lowest BCUT2D eigenvalue weighted by Gasteiger charge is -2.23. The van der Waals surface area contributed by atoms with E-state index in [1.165, 1.54) is 23.4 Å². The van der Waals surface area contributed by atoms with Gasteiger partial charge in [-0.3, -0.25) is 9.10 Å². The van der Waals surface area contributed by atoms with Crippen molar-refractivity contribution in [2.75, 3.05) is 17.1 Å². The van der Waals surface area contributed by atoms with Crippen molar-refractivity contribution in [1.29, 1.82) is 0 Å². The van der Waals surface area contributed by atoms with Gasteiger partial charge in [-0.1, -0.05) is 51.3 Å². The zero-order valence-corrected chi connectivity index (χ0v) is 20.3. The highest BCUT2D eigenvalue weighted by molar-refractivity contribution is 7.92. The molecule has 0 saturated heterocycles. The van der Waals surface area contributed by atoms with Gasteiger partial charge in [-0.05, 0) is 67.1 Å². The number of unbranched alkanes of at least 4 members (excludes halogenated alkanes) is 1. The molecule has 0 radical (unpaired) electrons. The molecule has 0 fully saturated rings. The number of benzene rings is 2. The van der Waals surface area contributed by atoms with Crippen molar-refractivity contribution in [1.82, 2.24) is 5.32 Å². The highest BCUT2D eigenvalue weighted by Gasteiger charge is 2.19. The van der Waals surface area contributed by atoms with Crippen LogP contribution in [0.25, 0.3) is 0 Å². The number of sulfonamides is 1. The van der Waals surface area contributed by atoms with Crippen molar-refractivity contribution in [3.63, 3.8) is 0 Å². The minimum absolute atomic E-state index is 0.0872. The first-order chi connectivity index (χ1) is 14.6. The molecule has 170 valence electrons. The molecule has 0 heterocycles. The van der Waals surface area contributed by atoms with Crippen LogP contribution in [-0.2, 0) is 16.6 Å². The fourth-order valence-electron chi connectivity index (χ4n) is 3.70. The molecule has 31 heavy (non-hydrogen) atoms. The van der Waals surface area contributed by atoms with E-state index in [-0.39, 0.29) is 12.5 Å². The molecule has 0 spiro atoms. The number of aryl methyl sites for hydroxylation is 2. The van der Waals surface area contributed by atoms with Gasteiger partial charge in [0.2, 0.25) is 10.0 Å². The Morgan fingerprint density at radius 3 is 2.16 bits per heavy atom. The van der Waals surface area contributed by atoms with Gasteiger partial charge in [-0.15, -0.1) is 0 Å².